The van der Waals surface area contributed by atoms with Gasteiger partial charge in [-0.3, -0.25) is 9.20 Å². The number of fused-ring (bicyclic) bond motifs is 1. The smallest absolute Gasteiger partial charge is 0.255 e. The standard InChI is InChI=1S/C19H14FN3OS/c1-12-10-23-11-17(22-19(23)25-12)13-4-3-7-16(9-13)21-18(24)14-5-2-6-15(20)8-14/h2-11H,1H3,(H,21,24). The number of benzene rings is 2. The van der Waals surface area contributed by atoms with Crippen LogP contribution in [0, 0.1) is 12.7 Å². The maximum Gasteiger partial charge on any atom is 0.255 e. The second-order valence-electron chi connectivity index (χ2n) is 5.70. The van der Waals surface area contributed by atoms with Gasteiger partial charge in [-0.15, -0.1) is 11.3 Å². The van der Waals surface area contributed by atoms with E-state index in [-0.39, 0.29) is 11.5 Å². The summed E-state index contributed by atoms with van der Waals surface area (Å²) >= 11 is 1.63. The zero-order valence-corrected chi connectivity index (χ0v) is 14.2. The number of nitrogens with one attached hydrogen (secondary N) is 1. The molecule has 25 heavy (non-hydrogen) atoms. The molecule has 2 heterocycles. The minimum atomic E-state index is -0.435. The number of imidazole rings is 1. The second kappa shape index (κ2) is 6.14. The van der Waals surface area contributed by atoms with Crippen molar-refractivity contribution in [3.63, 3.8) is 0 Å². The van der Waals surface area contributed by atoms with E-state index in [1.165, 1.54) is 23.1 Å². The SMILES string of the molecule is Cc1cn2cc(-c3cccc(NC(=O)c4cccc(F)c4)c3)nc2s1. The van der Waals surface area contributed by atoms with Crippen molar-refractivity contribution >= 4 is 27.9 Å². The van der Waals surface area contributed by atoms with E-state index in [1.54, 1.807) is 23.5 Å². The van der Waals surface area contributed by atoms with Crippen molar-refractivity contribution in [2.24, 2.45) is 0 Å². The summed E-state index contributed by atoms with van der Waals surface area (Å²) in [5.74, 6) is -0.784. The number of rotatable bonds is 3. The number of nitrogens with zero attached hydrogens (tertiary/aromatic N) is 2. The maximum atomic E-state index is 13.3. The number of amides is 1. The van der Waals surface area contributed by atoms with E-state index in [4.69, 9.17) is 0 Å². The zero-order chi connectivity index (χ0) is 17.4. The van der Waals surface area contributed by atoms with E-state index in [0.717, 1.165) is 16.2 Å². The summed E-state index contributed by atoms with van der Waals surface area (Å²) in [4.78, 5) is 19.0. The molecule has 124 valence electrons. The van der Waals surface area contributed by atoms with Gasteiger partial charge in [-0.05, 0) is 37.3 Å². The van der Waals surface area contributed by atoms with Crippen LogP contribution in [0.5, 0.6) is 0 Å². The Morgan fingerprint density at radius 3 is 2.80 bits per heavy atom. The van der Waals surface area contributed by atoms with Gasteiger partial charge >= 0.3 is 0 Å². The first kappa shape index (κ1) is 15.5. The van der Waals surface area contributed by atoms with Crippen LogP contribution in [0.2, 0.25) is 0 Å². The van der Waals surface area contributed by atoms with Crippen LogP contribution < -0.4 is 5.32 Å². The Bertz CT molecular complexity index is 1050. The number of anilines is 1. The number of halogens is 1. The molecule has 0 unspecified atom stereocenters. The highest BCUT2D eigenvalue weighted by Gasteiger charge is 2.10. The quantitative estimate of drug-likeness (QED) is 0.578. The molecule has 0 radical (unpaired) electrons. The van der Waals surface area contributed by atoms with E-state index in [1.807, 2.05) is 41.9 Å². The van der Waals surface area contributed by atoms with Crippen LogP contribution in [0.25, 0.3) is 16.2 Å². The van der Waals surface area contributed by atoms with Gasteiger partial charge in [0, 0.05) is 34.1 Å². The van der Waals surface area contributed by atoms with Gasteiger partial charge in [0.05, 0.1) is 5.69 Å². The van der Waals surface area contributed by atoms with Crippen molar-refractivity contribution in [3.8, 4) is 11.3 Å². The Morgan fingerprint density at radius 1 is 1.16 bits per heavy atom. The summed E-state index contributed by atoms with van der Waals surface area (Å²) in [6, 6.07) is 13.1. The van der Waals surface area contributed by atoms with E-state index >= 15 is 0 Å². The first-order valence-corrected chi connectivity index (χ1v) is 8.53. The molecule has 0 saturated carbocycles. The Balaban J connectivity index is 1.60. The predicted molar refractivity (Wildman–Crippen MR) is 97.6 cm³/mol. The lowest BCUT2D eigenvalue weighted by molar-refractivity contribution is 0.102. The molecule has 4 rings (SSSR count). The lowest BCUT2D eigenvalue weighted by Gasteiger charge is -2.07. The Kier molecular flexibility index (Phi) is 3.82. The molecule has 4 nitrogen and oxygen atoms in total. The van der Waals surface area contributed by atoms with Crippen LogP contribution in [0.3, 0.4) is 0 Å². The number of carbonyl (C=O) groups is 1. The van der Waals surface area contributed by atoms with Crippen LogP contribution in [0.4, 0.5) is 10.1 Å². The number of thiazole rings is 1. The van der Waals surface area contributed by atoms with Crippen molar-refractivity contribution in [3.05, 3.63) is 77.2 Å². The molecule has 0 aliphatic rings. The topological polar surface area (TPSA) is 46.4 Å². The number of aryl methyl sites for hydroxylation is 1. The van der Waals surface area contributed by atoms with Gasteiger partial charge in [0.1, 0.15) is 5.82 Å². The van der Waals surface area contributed by atoms with Crippen LogP contribution in [-0.4, -0.2) is 15.3 Å². The lowest BCUT2D eigenvalue weighted by Crippen LogP contribution is -2.12. The molecule has 4 aromatic rings. The van der Waals surface area contributed by atoms with Crippen molar-refractivity contribution in [2.45, 2.75) is 6.92 Å². The average molecular weight is 351 g/mol. The van der Waals surface area contributed by atoms with Crippen molar-refractivity contribution in [1.29, 1.82) is 0 Å². The highest BCUT2D eigenvalue weighted by molar-refractivity contribution is 7.17. The van der Waals surface area contributed by atoms with Crippen molar-refractivity contribution < 1.29 is 9.18 Å². The average Bonchev–Trinajstić information content (AvgIpc) is 3.12. The lowest BCUT2D eigenvalue weighted by atomic mass is 10.1. The second-order valence-corrected chi connectivity index (χ2v) is 6.92. The Hall–Kier alpha value is -2.99. The molecule has 0 fully saturated rings. The van der Waals surface area contributed by atoms with E-state index < -0.39 is 5.82 Å². The molecule has 0 aliphatic carbocycles. The third kappa shape index (κ3) is 3.16. The fraction of sp³-hybridized carbons (Fsp3) is 0.0526. The predicted octanol–water partition coefficient (Wildman–Crippen LogP) is 4.76. The molecule has 2 aromatic heterocycles. The summed E-state index contributed by atoms with van der Waals surface area (Å²) in [5, 5.41) is 2.79. The number of hydrogen-bond donors (Lipinski definition) is 1. The largest absolute Gasteiger partial charge is 0.322 e. The van der Waals surface area contributed by atoms with Gasteiger partial charge in [0.2, 0.25) is 0 Å². The fourth-order valence-corrected chi connectivity index (χ4v) is 3.45. The molecule has 0 bridgehead atoms. The molecule has 2 aromatic carbocycles. The van der Waals surface area contributed by atoms with Crippen molar-refractivity contribution in [2.75, 3.05) is 5.32 Å². The van der Waals surface area contributed by atoms with Gasteiger partial charge in [-0.25, -0.2) is 9.37 Å². The molecular formula is C19H14FN3OS. The number of hydrogen-bond acceptors (Lipinski definition) is 3. The van der Waals surface area contributed by atoms with Gasteiger partial charge < -0.3 is 5.32 Å². The minimum Gasteiger partial charge on any atom is -0.322 e. The molecule has 1 N–H and O–H groups in total. The number of carbonyl (C=O) groups excluding carboxylic acids is 1. The van der Waals surface area contributed by atoms with Gasteiger partial charge in [0.25, 0.3) is 5.91 Å². The van der Waals surface area contributed by atoms with Crippen LogP contribution >= 0.6 is 11.3 Å². The fourth-order valence-electron chi connectivity index (χ4n) is 2.64. The van der Waals surface area contributed by atoms with Crippen LogP contribution in [0.1, 0.15) is 15.2 Å². The highest BCUT2D eigenvalue weighted by atomic mass is 32.1. The minimum absolute atomic E-state index is 0.281. The first-order valence-electron chi connectivity index (χ1n) is 7.71. The molecule has 0 saturated heterocycles. The molecule has 1 amide bonds. The zero-order valence-electron chi connectivity index (χ0n) is 13.4. The van der Waals surface area contributed by atoms with E-state index in [2.05, 4.69) is 10.3 Å². The van der Waals surface area contributed by atoms with Gasteiger partial charge in [0.15, 0.2) is 4.96 Å². The first-order chi connectivity index (χ1) is 12.1. The molecule has 0 aliphatic heterocycles. The Labute approximate surface area is 147 Å². The van der Waals surface area contributed by atoms with E-state index in [9.17, 15) is 9.18 Å². The maximum absolute atomic E-state index is 13.3. The molecule has 0 spiro atoms. The summed E-state index contributed by atoms with van der Waals surface area (Å²) in [6.07, 6.45) is 4.00. The van der Waals surface area contributed by atoms with E-state index in [0.29, 0.717) is 5.69 Å². The third-order valence-corrected chi connectivity index (χ3v) is 4.69. The third-order valence-electron chi connectivity index (χ3n) is 3.77. The summed E-state index contributed by atoms with van der Waals surface area (Å²) < 4.78 is 15.3. The normalized spacial score (nSPS) is 11.0. The van der Waals surface area contributed by atoms with Crippen LogP contribution in [-0.2, 0) is 0 Å². The summed E-state index contributed by atoms with van der Waals surface area (Å²) in [5.41, 5.74) is 2.67. The van der Waals surface area contributed by atoms with Crippen molar-refractivity contribution in [1.82, 2.24) is 9.38 Å². The molecular weight excluding hydrogens is 337 g/mol. The van der Waals surface area contributed by atoms with Gasteiger partial charge in [-0.2, -0.15) is 0 Å². The highest BCUT2D eigenvalue weighted by Crippen LogP contribution is 2.25. The summed E-state index contributed by atoms with van der Waals surface area (Å²) in [7, 11) is 0. The summed E-state index contributed by atoms with van der Waals surface area (Å²) in [6.45, 7) is 2.04. The molecule has 0 atom stereocenters. The van der Waals surface area contributed by atoms with Crippen LogP contribution in [0.15, 0.2) is 60.9 Å². The van der Waals surface area contributed by atoms with Gasteiger partial charge in [-0.1, -0.05) is 18.2 Å². The molecule has 6 heteroatoms. The number of aromatic nitrogens is 2. The Morgan fingerprint density at radius 2 is 2.00 bits per heavy atom. The monoisotopic (exact) mass is 351 g/mol.